The Morgan fingerprint density at radius 1 is 1.17 bits per heavy atom. The first-order valence-electron chi connectivity index (χ1n) is 5.53. The lowest BCUT2D eigenvalue weighted by atomic mass is 10.2. The minimum Gasteiger partial charge on any atom is -0.467 e. The van der Waals surface area contributed by atoms with Gasteiger partial charge in [0.2, 0.25) is 5.95 Å². The Kier molecular flexibility index (Phi) is 4.09. The third-order valence-corrected chi connectivity index (χ3v) is 2.76. The number of anilines is 1. The Morgan fingerprint density at radius 3 is 2.50 bits per heavy atom. The van der Waals surface area contributed by atoms with Crippen LogP contribution in [-0.2, 0) is 0 Å². The molecule has 0 spiro atoms. The molecule has 0 bridgehead atoms. The van der Waals surface area contributed by atoms with Gasteiger partial charge in [0.15, 0.2) is 5.82 Å². The van der Waals surface area contributed by atoms with Crippen LogP contribution in [-0.4, -0.2) is 28.6 Å². The minimum absolute atomic E-state index is 0.305. The SMILES string of the molecule is CCNc1nc(OC)nc(-c2ccc(Br)cc2)n1. The molecule has 0 amide bonds. The van der Waals surface area contributed by atoms with Gasteiger partial charge in [-0.05, 0) is 19.1 Å². The molecule has 0 aliphatic rings. The summed E-state index contributed by atoms with van der Waals surface area (Å²) in [6, 6.07) is 8.07. The summed E-state index contributed by atoms with van der Waals surface area (Å²) >= 11 is 3.40. The Hall–Kier alpha value is -1.69. The smallest absolute Gasteiger partial charge is 0.321 e. The van der Waals surface area contributed by atoms with Crippen molar-refractivity contribution in [3.63, 3.8) is 0 Å². The van der Waals surface area contributed by atoms with Crippen LogP contribution in [0.25, 0.3) is 11.4 Å². The largest absolute Gasteiger partial charge is 0.467 e. The van der Waals surface area contributed by atoms with E-state index in [9.17, 15) is 0 Å². The summed E-state index contributed by atoms with van der Waals surface area (Å²) in [5.41, 5.74) is 0.915. The van der Waals surface area contributed by atoms with Crippen molar-refractivity contribution in [1.82, 2.24) is 15.0 Å². The standard InChI is InChI=1S/C12H13BrN4O/c1-3-14-11-15-10(16-12(17-11)18-2)8-4-6-9(13)7-5-8/h4-7H,3H2,1-2H3,(H,14,15,16,17). The lowest BCUT2D eigenvalue weighted by Gasteiger charge is -2.06. The van der Waals surface area contributed by atoms with Gasteiger partial charge in [0, 0.05) is 16.6 Å². The maximum absolute atomic E-state index is 5.08. The van der Waals surface area contributed by atoms with Crippen molar-refractivity contribution >= 4 is 21.9 Å². The minimum atomic E-state index is 0.305. The number of benzene rings is 1. The van der Waals surface area contributed by atoms with E-state index >= 15 is 0 Å². The highest BCUT2D eigenvalue weighted by Crippen LogP contribution is 2.20. The van der Waals surface area contributed by atoms with Gasteiger partial charge < -0.3 is 10.1 Å². The van der Waals surface area contributed by atoms with Gasteiger partial charge in [-0.25, -0.2) is 0 Å². The zero-order valence-electron chi connectivity index (χ0n) is 10.1. The van der Waals surface area contributed by atoms with E-state index in [0.29, 0.717) is 17.8 Å². The average Bonchev–Trinajstić information content (AvgIpc) is 2.39. The second kappa shape index (κ2) is 5.77. The average molecular weight is 309 g/mol. The van der Waals surface area contributed by atoms with E-state index in [4.69, 9.17) is 4.74 Å². The number of hydrogen-bond acceptors (Lipinski definition) is 5. The van der Waals surface area contributed by atoms with Crippen molar-refractivity contribution in [2.75, 3.05) is 19.0 Å². The molecule has 0 aliphatic carbocycles. The van der Waals surface area contributed by atoms with Crippen molar-refractivity contribution in [3.8, 4) is 17.4 Å². The Bertz CT molecular complexity index is 530. The number of ether oxygens (including phenoxy) is 1. The van der Waals surface area contributed by atoms with Crippen LogP contribution in [0.1, 0.15) is 6.92 Å². The molecule has 2 rings (SSSR count). The summed E-state index contributed by atoms with van der Waals surface area (Å²) < 4.78 is 6.09. The second-order valence-corrected chi connectivity index (χ2v) is 4.42. The number of hydrogen-bond donors (Lipinski definition) is 1. The van der Waals surface area contributed by atoms with Crippen LogP contribution in [0, 0.1) is 0 Å². The zero-order valence-corrected chi connectivity index (χ0v) is 11.7. The van der Waals surface area contributed by atoms with Gasteiger partial charge in [-0.3, -0.25) is 0 Å². The second-order valence-electron chi connectivity index (χ2n) is 3.51. The molecule has 1 N–H and O–H groups in total. The molecule has 6 heteroatoms. The summed E-state index contributed by atoms with van der Waals surface area (Å²) in [5, 5.41) is 3.05. The maximum Gasteiger partial charge on any atom is 0.321 e. The molecular weight excluding hydrogens is 296 g/mol. The van der Waals surface area contributed by atoms with Gasteiger partial charge in [0.1, 0.15) is 0 Å². The molecule has 0 radical (unpaired) electrons. The summed E-state index contributed by atoms with van der Waals surface area (Å²) in [5.74, 6) is 1.10. The summed E-state index contributed by atoms with van der Waals surface area (Å²) in [7, 11) is 1.54. The molecule has 0 saturated carbocycles. The van der Waals surface area contributed by atoms with Gasteiger partial charge in [0.25, 0.3) is 0 Å². The molecule has 1 aromatic heterocycles. The predicted octanol–water partition coefficient (Wildman–Crippen LogP) is 2.74. The predicted molar refractivity (Wildman–Crippen MR) is 73.7 cm³/mol. The molecular formula is C12H13BrN4O. The third kappa shape index (κ3) is 2.95. The number of rotatable bonds is 4. The van der Waals surface area contributed by atoms with Gasteiger partial charge in [0.05, 0.1) is 7.11 Å². The highest BCUT2D eigenvalue weighted by molar-refractivity contribution is 9.10. The van der Waals surface area contributed by atoms with Crippen molar-refractivity contribution in [2.45, 2.75) is 6.92 Å². The van der Waals surface area contributed by atoms with Crippen LogP contribution >= 0.6 is 15.9 Å². The van der Waals surface area contributed by atoms with Gasteiger partial charge in [-0.1, -0.05) is 28.1 Å². The van der Waals surface area contributed by atoms with E-state index in [1.54, 1.807) is 0 Å². The van der Waals surface area contributed by atoms with Gasteiger partial charge >= 0.3 is 6.01 Å². The van der Waals surface area contributed by atoms with Crippen LogP contribution in [0.4, 0.5) is 5.95 Å². The van der Waals surface area contributed by atoms with Gasteiger partial charge in [-0.2, -0.15) is 15.0 Å². The first-order valence-corrected chi connectivity index (χ1v) is 6.32. The highest BCUT2D eigenvalue weighted by Gasteiger charge is 2.08. The summed E-state index contributed by atoms with van der Waals surface area (Å²) in [6.07, 6.45) is 0. The van der Waals surface area contributed by atoms with E-state index in [-0.39, 0.29) is 0 Å². The number of halogens is 1. The van der Waals surface area contributed by atoms with E-state index in [1.165, 1.54) is 7.11 Å². The molecule has 2 aromatic rings. The molecule has 0 aliphatic heterocycles. The van der Waals surface area contributed by atoms with E-state index in [1.807, 2.05) is 31.2 Å². The van der Waals surface area contributed by atoms with Crippen molar-refractivity contribution < 1.29 is 4.74 Å². The first kappa shape index (κ1) is 12.8. The Balaban J connectivity index is 2.42. The van der Waals surface area contributed by atoms with Gasteiger partial charge in [-0.15, -0.1) is 0 Å². The summed E-state index contributed by atoms with van der Waals surface area (Å²) in [4.78, 5) is 12.7. The quantitative estimate of drug-likeness (QED) is 0.941. The highest BCUT2D eigenvalue weighted by atomic mass is 79.9. The topological polar surface area (TPSA) is 59.9 Å². The Morgan fingerprint density at radius 2 is 1.89 bits per heavy atom. The monoisotopic (exact) mass is 308 g/mol. The lowest BCUT2D eigenvalue weighted by molar-refractivity contribution is 0.379. The third-order valence-electron chi connectivity index (χ3n) is 2.23. The lowest BCUT2D eigenvalue weighted by Crippen LogP contribution is -2.06. The van der Waals surface area contributed by atoms with Crippen LogP contribution in [0.5, 0.6) is 6.01 Å². The summed E-state index contributed by atoms with van der Waals surface area (Å²) in [6.45, 7) is 2.72. The van der Waals surface area contributed by atoms with Crippen LogP contribution in [0.15, 0.2) is 28.7 Å². The number of nitrogens with one attached hydrogen (secondary N) is 1. The van der Waals surface area contributed by atoms with E-state index < -0.39 is 0 Å². The van der Waals surface area contributed by atoms with E-state index in [0.717, 1.165) is 16.6 Å². The molecule has 0 saturated heterocycles. The molecule has 18 heavy (non-hydrogen) atoms. The Labute approximate surface area is 114 Å². The van der Waals surface area contributed by atoms with E-state index in [2.05, 4.69) is 36.2 Å². The number of methoxy groups -OCH3 is 1. The molecule has 5 nitrogen and oxygen atoms in total. The van der Waals surface area contributed by atoms with Crippen LogP contribution in [0.2, 0.25) is 0 Å². The number of aromatic nitrogens is 3. The molecule has 0 fully saturated rings. The fraction of sp³-hybridized carbons (Fsp3) is 0.250. The van der Waals surface area contributed by atoms with Crippen molar-refractivity contribution in [1.29, 1.82) is 0 Å². The molecule has 94 valence electrons. The number of nitrogens with zero attached hydrogens (tertiary/aromatic N) is 3. The fourth-order valence-electron chi connectivity index (χ4n) is 1.41. The first-order chi connectivity index (χ1) is 8.72. The molecule has 0 unspecified atom stereocenters. The fourth-order valence-corrected chi connectivity index (χ4v) is 1.68. The normalized spacial score (nSPS) is 10.2. The maximum atomic E-state index is 5.08. The van der Waals surface area contributed by atoms with Crippen molar-refractivity contribution in [3.05, 3.63) is 28.7 Å². The molecule has 1 heterocycles. The van der Waals surface area contributed by atoms with Crippen molar-refractivity contribution in [2.24, 2.45) is 0 Å². The molecule has 0 atom stereocenters. The zero-order chi connectivity index (χ0) is 13.0. The molecule has 1 aromatic carbocycles. The van der Waals surface area contributed by atoms with Crippen LogP contribution < -0.4 is 10.1 Å². The van der Waals surface area contributed by atoms with Crippen LogP contribution in [0.3, 0.4) is 0 Å².